The maximum Gasteiger partial charge on any atom is 0.416 e. The highest BCUT2D eigenvalue weighted by molar-refractivity contribution is 15.0. The summed E-state index contributed by atoms with van der Waals surface area (Å²) in [5.74, 6) is -0.112. The van der Waals surface area contributed by atoms with Gasteiger partial charge in [-0.3, -0.25) is 4.21 Å². The predicted molar refractivity (Wildman–Crippen MR) is 211 cm³/mol. The van der Waals surface area contributed by atoms with Crippen LogP contribution in [0.1, 0.15) is 22.5 Å². The normalized spacial score (nSPS) is 11.2. The van der Waals surface area contributed by atoms with E-state index in [1.165, 1.54) is 18.0 Å². The van der Waals surface area contributed by atoms with Gasteiger partial charge >= 0.3 is 12.4 Å². The number of anilines is 2. The Morgan fingerprint density at radius 2 is 1.12 bits per heavy atom. The van der Waals surface area contributed by atoms with Gasteiger partial charge in [-0.25, -0.2) is 9.36 Å². The van der Waals surface area contributed by atoms with Crippen LogP contribution < -0.4 is 11.5 Å². The number of nitrogens with two attached hydrogens (primary N) is 2. The maximum atomic E-state index is 12.7. The molecule has 0 aliphatic heterocycles. The molecule has 2 aromatic carbocycles. The number of nitriles is 2. The van der Waals surface area contributed by atoms with E-state index in [0.29, 0.717) is 17.0 Å². The van der Waals surface area contributed by atoms with Gasteiger partial charge in [0.25, 0.3) is 0 Å². The van der Waals surface area contributed by atoms with E-state index >= 15 is 0 Å². The molecule has 0 saturated heterocycles. The van der Waals surface area contributed by atoms with Gasteiger partial charge in [-0.15, -0.1) is 35.7 Å². The molecule has 0 bridgehead atoms. The average molecular weight is 1160 g/mol. The van der Waals surface area contributed by atoms with Crippen molar-refractivity contribution in [1.29, 1.82) is 10.5 Å². The Labute approximate surface area is 347 Å². The van der Waals surface area contributed by atoms with E-state index in [-0.39, 0.29) is 83.4 Å². The van der Waals surface area contributed by atoms with Gasteiger partial charge in [0.1, 0.15) is 40.0 Å². The molecule has 0 aliphatic rings. The minimum Gasteiger partial charge on any atom is -0.400 e. The van der Waals surface area contributed by atoms with Crippen LogP contribution >= 0.6 is 119 Å². The molecule has 4 aromatic rings. The third-order valence-electron chi connectivity index (χ3n) is 5.57. The fraction of sp³-hybridized carbons (Fsp3) is 0.200. The Morgan fingerprint density at radius 1 is 0.800 bits per heavy atom. The second kappa shape index (κ2) is 20.9. The predicted octanol–water partition coefficient (Wildman–Crippen LogP) is 9.76. The molecule has 0 fully saturated rings. The molecule has 1 unspecified atom stereocenters. The zero-order chi connectivity index (χ0) is 38.2. The molecule has 10 nitrogen and oxygen atoms in total. The smallest absolute Gasteiger partial charge is 0.400 e. The second-order valence-corrected chi connectivity index (χ2v) is 12.2. The molecule has 25 heteroatoms. The first kappa shape index (κ1) is 48.8. The monoisotopic (exact) mass is 1160 g/mol. The molecule has 0 radical (unpaired) electrons. The summed E-state index contributed by atoms with van der Waals surface area (Å²) >= 11 is 29.0. The van der Waals surface area contributed by atoms with Crippen molar-refractivity contribution in [3.05, 3.63) is 66.9 Å². The molecule has 2 aromatic heterocycles. The lowest BCUT2D eigenvalue weighted by molar-refractivity contribution is -0.138. The molecule has 0 aliphatic carbocycles. The Kier molecular flexibility index (Phi) is 20.4. The van der Waals surface area contributed by atoms with Crippen LogP contribution in [0.3, 0.4) is 0 Å². The number of thioether (sulfide) groups is 1. The summed E-state index contributed by atoms with van der Waals surface area (Å²) in [6.07, 6.45) is -6.23. The number of hydrogen-bond donors (Lipinski definition) is 3. The van der Waals surface area contributed by atoms with Crippen molar-refractivity contribution < 1.29 is 35.7 Å². The molecular formula is C25H19Cl4F6I3N8O2S2. The van der Waals surface area contributed by atoms with Gasteiger partial charge in [0.05, 0.1) is 46.9 Å². The van der Waals surface area contributed by atoms with E-state index < -0.39 is 34.3 Å². The molecule has 0 spiro atoms. The number of halogens is 13. The highest BCUT2D eigenvalue weighted by Gasteiger charge is 2.34. The lowest BCUT2D eigenvalue weighted by atomic mass is 10.2. The van der Waals surface area contributed by atoms with E-state index in [4.69, 9.17) is 73.5 Å². The van der Waals surface area contributed by atoms with Gasteiger partial charge in [0.15, 0.2) is 11.4 Å². The van der Waals surface area contributed by atoms with Crippen molar-refractivity contribution in [2.24, 2.45) is 0 Å². The SMILES string of the molecule is CO.CS(=O)c1c(C#N)nn(-c2c(Cl)cc(C(F)(F)F)cc2Cl)c1N.CSc1c(C#N)nn(-c2c(Cl)cc(C(F)(F)F)cc2Cl)c1N.I.II. The first-order valence-electron chi connectivity index (χ1n) is 11.9. The van der Waals surface area contributed by atoms with Crippen LogP contribution in [0.4, 0.5) is 38.0 Å². The standard InChI is InChI=1S/C12H7Cl2F3N4OS.C12H7Cl2F3N4S.CH4O.I2.HI/c1-23(22)10-8(4-18)20-21(11(10)19)9-6(13)2-5(3-7(9)14)12(15,16)17;1-22-10-8(4-18)20-21(11(10)19)9-6(13)2-5(3-7(9)14)12(15,16)17;2*1-2;/h2-3H,19H2,1H3;2-3H,19H2,1H3;2H,1H3;;1H. The van der Waals surface area contributed by atoms with Crippen LogP contribution in [0.2, 0.25) is 20.1 Å². The van der Waals surface area contributed by atoms with Crippen LogP contribution in [0.15, 0.2) is 34.1 Å². The van der Waals surface area contributed by atoms with Crippen molar-refractivity contribution in [2.75, 3.05) is 31.1 Å². The third-order valence-corrected chi connectivity index (χ3v) is 8.51. The molecule has 4 rings (SSSR count). The van der Waals surface area contributed by atoms with Crippen LogP contribution in [0, 0.1) is 22.7 Å². The lowest BCUT2D eigenvalue weighted by Gasteiger charge is -2.13. The van der Waals surface area contributed by atoms with Crippen LogP contribution in [0.5, 0.6) is 0 Å². The van der Waals surface area contributed by atoms with Crippen molar-refractivity contribution in [2.45, 2.75) is 22.1 Å². The Morgan fingerprint density at radius 3 is 1.36 bits per heavy atom. The van der Waals surface area contributed by atoms with E-state index in [2.05, 4.69) is 47.4 Å². The lowest BCUT2D eigenvalue weighted by Crippen LogP contribution is -2.09. The van der Waals surface area contributed by atoms with E-state index in [1.807, 2.05) is 6.07 Å². The van der Waals surface area contributed by atoms with Crippen LogP contribution in [-0.2, 0) is 23.2 Å². The summed E-state index contributed by atoms with van der Waals surface area (Å²) in [4.78, 5) is 0.356. The van der Waals surface area contributed by atoms with Gasteiger partial charge in [0.2, 0.25) is 0 Å². The van der Waals surface area contributed by atoms with Crippen molar-refractivity contribution in [3.8, 4) is 23.5 Å². The van der Waals surface area contributed by atoms with Gasteiger partial charge < -0.3 is 16.6 Å². The zero-order valence-electron chi connectivity index (χ0n) is 24.8. The number of hydrogen-bond acceptors (Lipinski definition) is 9. The molecule has 0 amide bonds. The number of benzene rings is 2. The molecule has 2 heterocycles. The molecule has 0 saturated carbocycles. The Balaban J connectivity index is 0.000000858. The molecule has 5 N–H and O–H groups in total. The number of rotatable bonds is 4. The summed E-state index contributed by atoms with van der Waals surface area (Å²) in [5, 5.41) is 31.5. The number of aliphatic hydroxyl groups excluding tert-OH is 1. The highest BCUT2D eigenvalue weighted by atomic mass is 128. The molecule has 1 atom stereocenters. The minimum atomic E-state index is -4.63. The molecule has 274 valence electrons. The van der Waals surface area contributed by atoms with Gasteiger partial charge in [0, 0.05) is 50.6 Å². The average Bonchev–Trinajstić information content (AvgIpc) is 3.53. The summed E-state index contributed by atoms with van der Waals surface area (Å²) < 4.78 is 90.0. The van der Waals surface area contributed by atoms with Gasteiger partial charge in [-0.05, 0) is 30.5 Å². The summed E-state index contributed by atoms with van der Waals surface area (Å²) in [5.41, 5.74) is 9.31. The first-order valence-corrected chi connectivity index (χ1v) is 22.5. The fourth-order valence-electron chi connectivity index (χ4n) is 3.67. The zero-order valence-corrected chi connectivity index (χ0v) is 36.1. The number of nitrogens with zero attached hydrogens (tertiary/aromatic N) is 6. The van der Waals surface area contributed by atoms with E-state index in [1.54, 1.807) is 12.3 Å². The topological polar surface area (TPSA) is 173 Å². The Hall–Kier alpha value is -1.17. The highest BCUT2D eigenvalue weighted by Crippen LogP contribution is 2.41. The summed E-state index contributed by atoms with van der Waals surface area (Å²) in [7, 11) is -0.634. The minimum absolute atomic E-state index is 0. The summed E-state index contributed by atoms with van der Waals surface area (Å²) in [6.45, 7) is 0. The van der Waals surface area contributed by atoms with Gasteiger partial charge in [-0.1, -0.05) is 46.4 Å². The quantitative estimate of drug-likeness (QED) is 0.102. The number of nitrogen functional groups attached to an aromatic ring is 2. The van der Waals surface area contributed by atoms with Crippen LogP contribution in [0.25, 0.3) is 11.4 Å². The van der Waals surface area contributed by atoms with Crippen molar-refractivity contribution in [1.82, 2.24) is 19.6 Å². The molecular weight excluding hydrogens is 1140 g/mol. The summed E-state index contributed by atoms with van der Waals surface area (Å²) in [6, 6.07) is 6.36. The fourth-order valence-corrected chi connectivity index (χ4v) is 6.28. The molecule has 50 heavy (non-hydrogen) atoms. The third kappa shape index (κ3) is 11.4. The van der Waals surface area contributed by atoms with Gasteiger partial charge in [-0.2, -0.15) is 47.1 Å². The van der Waals surface area contributed by atoms with Crippen LogP contribution in [-0.4, -0.2) is 48.5 Å². The van der Waals surface area contributed by atoms with Crippen molar-refractivity contribution >= 4 is 142 Å². The number of aromatic nitrogens is 4. The largest absolute Gasteiger partial charge is 0.416 e. The second-order valence-electron chi connectivity index (χ2n) is 8.40. The van der Waals surface area contributed by atoms with E-state index in [9.17, 15) is 30.6 Å². The maximum absolute atomic E-state index is 12.7. The number of alkyl halides is 6. The van der Waals surface area contributed by atoms with Crippen molar-refractivity contribution in [3.63, 3.8) is 0 Å². The van der Waals surface area contributed by atoms with E-state index in [0.717, 1.165) is 28.6 Å². The first-order chi connectivity index (χ1) is 22.8. The Bertz CT molecular complexity index is 1890. The number of aliphatic hydroxyl groups is 1.